The van der Waals surface area contributed by atoms with Gasteiger partial charge in [0, 0.05) is 22.5 Å². The molecule has 0 saturated heterocycles. The molecule has 8 heteroatoms. The van der Waals surface area contributed by atoms with E-state index in [0.717, 1.165) is 23.7 Å². The maximum atomic E-state index is 12.5. The Kier molecular flexibility index (Phi) is 6.03. The number of rotatable bonds is 5. The molecule has 1 aliphatic rings. The van der Waals surface area contributed by atoms with Gasteiger partial charge in [0.15, 0.2) is 0 Å². The number of carbonyl (C=O) groups excluding carboxylic acids is 2. The smallest absolute Gasteiger partial charge is 0.252 e. The zero-order valence-corrected chi connectivity index (χ0v) is 17.7. The minimum atomic E-state index is -0.272. The van der Waals surface area contributed by atoms with Crippen LogP contribution < -0.4 is 10.9 Å². The third-order valence-electron chi connectivity index (χ3n) is 4.85. The number of aromatic nitrogens is 1. The van der Waals surface area contributed by atoms with Crippen LogP contribution in [0.25, 0.3) is 0 Å². The number of thiazole rings is 1. The number of hydrazine groups is 1. The SMILES string of the molecule is Cc1csc(CC(=O)NNC(=O)CN2CCc3sccc3C2c2ccccc2)n1. The van der Waals surface area contributed by atoms with Crippen LogP contribution in [0.1, 0.15) is 32.7 Å². The fraction of sp³-hybridized carbons (Fsp3) is 0.286. The molecule has 0 spiro atoms. The number of amides is 2. The Balaban J connectivity index is 1.38. The Hall–Kier alpha value is -2.55. The van der Waals surface area contributed by atoms with E-state index in [0.29, 0.717) is 0 Å². The van der Waals surface area contributed by atoms with Gasteiger partial charge in [0.2, 0.25) is 5.91 Å². The average Bonchev–Trinajstić information content (AvgIpc) is 3.35. The van der Waals surface area contributed by atoms with Gasteiger partial charge in [0.25, 0.3) is 5.91 Å². The highest BCUT2D eigenvalue weighted by Gasteiger charge is 2.30. The molecule has 2 aromatic heterocycles. The first-order valence-corrected chi connectivity index (χ1v) is 11.2. The van der Waals surface area contributed by atoms with Crippen LogP contribution in [0.5, 0.6) is 0 Å². The molecular formula is C21H22N4O2S2. The molecule has 1 aliphatic heterocycles. The molecular weight excluding hydrogens is 404 g/mol. The van der Waals surface area contributed by atoms with Crippen LogP contribution in [-0.2, 0) is 22.4 Å². The second kappa shape index (κ2) is 8.86. The number of nitrogens with one attached hydrogen (secondary N) is 2. The maximum Gasteiger partial charge on any atom is 0.252 e. The van der Waals surface area contributed by atoms with Crippen LogP contribution >= 0.6 is 22.7 Å². The second-order valence-corrected chi connectivity index (χ2v) is 8.93. The lowest BCUT2D eigenvalue weighted by Crippen LogP contribution is -2.48. The summed E-state index contributed by atoms with van der Waals surface area (Å²) in [7, 11) is 0. The molecule has 29 heavy (non-hydrogen) atoms. The summed E-state index contributed by atoms with van der Waals surface area (Å²) in [5.74, 6) is -0.501. The van der Waals surface area contributed by atoms with Gasteiger partial charge >= 0.3 is 0 Å². The van der Waals surface area contributed by atoms with Crippen molar-refractivity contribution < 1.29 is 9.59 Å². The first-order chi connectivity index (χ1) is 14.1. The number of carbonyl (C=O) groups is 2. The zero-order valence-electron chi connectivity index (χ0n) is 16.1. The molecule has 0 bridgehead atoms. The Morgan fingerprint density at radius 2 is 1.93 bits per heavy atom. The Labute approximate surface area is 177 Å². The summed E-state index contributed by atoms with van der Waals surface area (Å²) in [5.41, 5.74) is 8.38. The summed E-state index contributed by atoms with van der Waals surface area (Å²) < 4.78 is 0. The summed E-state index contributed by atoms with van der Waals surface area (Å²) in [6, 6.07) is 12.4. The van der Waals surface area contributed by atoms with Crippen molar-refractivity contribution in [1.29, 1.82) is 0 Å². The van der Waals surface area contributed by atoms with Crippen molar-refractivity contribution in [1.82, 2.24) is 20.7 Å². The number of nitrogens with zero attached hydrogens (tertiary/aromatic N) is 2. The molecule has 150 valence electrons. The molecule has 0 saturated carbocycles. The summed E-state index contributed by atoms with van der Waals surface area (Å²) in [5, 5.41) is 4.75. The fourth-order valence-corrected chi connectivity index (χ4v) is 5.27. The molecule has 2 N–H and O–H groups in total. The van der Waals surface area contributed by atoms with Crippen LogP contribution in [0, 0.1) is 6.92 Å². The summed E-state index contributed by atoms with van der Waals surface area (Å²) in [4.78, 5) is 32.4. The molecule has 0 fully saturated rings. The molecule has 0 radical (unpaired) electrons. The number of aryl methyl sites for hydroxylation is 1. The van der Waals surface area contributed by atoms with Gasteiger partial charge in [-0.05, 0) is 35.9 Å². The van der Waals surface area contributed by atoms with E-state index < -0.39 is 0 Å². The van der Waals surface area contributed by atoms with Crippen LogP contribution in [0.2, 0.25) is 0 Å². The van der Waals surface area contributed by atoms with Crippen LogP contribution in [0.15, 0.2) is 47.2 Å². The number of thiophene rings is 1. The number of benzene rings is 1. The van der Waals surface area contributed by atoms with Crippen LogP contribution in [0.4, 0.5) is 0 Å². The first kappa shape index (κ1) is 19.8. The van der Waals surface area contributed by atoms with Gasteiger partial charge in [-0.2, -0.15) is 0 Å². The van der Waals surface area contributed by atoms with E-state index in [2.05, 4.69) is 44.3 Å². The highest BCUT2D eigenvalue weighted by molar-refractivity contribution is 7.10. The molecule has 1 atom stereocenters. The minimum Gasteiger partial charge on any atom is -0.283 e. The number of hydrogen-bond acceptors (Lipinski definition) is 6. The van der Waals surface area contributed by atoms with Crippen molar-refractivity contribution >= 4 is 34.5 Å². The summed E-state index contributed by atoms with van der Waals surface area (Å²) in [6.07, 6.45) is 1.09. The normalized spacial score (nSPS) is 16.2. The lowest BCUT2D eigenvalue weighted by Gasteiger charge is -2.35. The summed E-state index contributed by atoms with van der Waals surface area (Å²) in [6.45, 7) is 2.90. The van der Waals surface area contributed by atoms with E-state index in [1.165, 1.54) is 27.3 Å². The summed E-state index contributed by atoms with van der Waals surface area (Å²) >= 11 is 3.21. The Morgan fingerprint density at radius 3 is 2.69 bits per heavy atom. The van der Waals surface area contributed by atoms with Crippen LogP contribution in [0.3, 0.4) is 0 Å². The highest BCUT2D eigenvalue weighted by Crippen LogP contribution is 2.37. The lowest BCUT2D eigenvalue weighted by atomic mass is 9.93. The van der Waals surface area contributed by atoms with Gasteiger partial charge in [0.05, 0.1) is 19.0 Å². The van der Waals surface area contributed by atoms with Gasteiger partial charge in [-0.3, -0.25) is 25.3 Å². The first-order valence-electron chi connectivity index (χ1n) is 9.44. The number of fused-ring (bicyclic) bond motifs is 1. The zero-order chi connectivity index (χ0) is 20.2. The van der Waals surface area contributed by atoms with E-state index in [1.807, 2.05) is 30.5 Å². The quantitative estimate of drug-likeness (QED) is 0.616. The molecule has 2 amide bonds. The van der Waals surface area contributed by atoms with Crippen molar-refractivity contribution in [3.05, 3.63) is 73.9 Å². The van der Waals surface area contributed by atoms with Crippen molar-refractivity contribution in [2.45, 2.75) is 25.8 Å². The Bertz CT molecular complexity index is 999. The van der Waals surface area contributed by atoms with E-state index >= 15 is 0 Å². The largest absolute Gasteiger partial charge is 0.283 e. The molecule has 4 rings (SSSR count). The van der Waals surface area contributed by atoms with Gasteiger partial charge in [-0.25, -0.2) is 4.98 Å². The van der Waals surface area contributed by atoms with E-state index in [-0.39, 0.29) is 30.8 Å². The van der Waals surface area contributed by atoms with E-state index in [4.69, 9.17) is 0 Å². The topological polar surface area (TPSA) is 74.3 Å². The van der Waals surface area contributed by atoms with Crippen molar-refractivity contribution in [2.24, 2.45) is 0 Å². The third-order valence-corrected chi connectivity index (χ3v) is 6.81. The van der Waals surface area contributed by atoms with Gasteiger partial charge < -0.3 is 0 Å². The second-order valence-electron chi connectivity index (χ2n) is 6.99. The van der Waals surface area contributed by atoms with Gasteiger partial charge in [0.1, 0.15) is 5.01 Å². The average molecular weight is 427 g/mol. The lowest BCUT2D eigenvalue weighted by molar-refractivity contribution is -0.129. The molecule has 6 nitrogen and oxygen atoms in total. The molecule has 1 unspecified atom stereocenters. The van der Waals surface area contributed by atoms with Gasteiger partial charge in [-0.1, -0.05) is 30.3 Å². The molecule has 3 heterocycles. The monoisotopic (exact) mass is 426 g/mol. The standard InChI is InChI=1S/C21H22N4O2S2/c1-14-13-29-20(22-14)11-18(26)23-24-19(27)12-25-9-7-17-16(8-10-28-17)21(25)15-5-3-2-4-6-15/h2-6,8,10,13,21H,7,9,11-12H2,1H3,(H,23,26)(H,24,27). The molecule has 3 aromatic rings. The van der Waals surface area contributed by atoms with E-state index in [9.17, 15) is 9.59 Å². The predicted molar refractivity (Wildman–Crippen MR) is 115 cm³/mol. The van der Waals surface area contributed by atoms with Crippen molar-refractivity contribution in [3.63, 3.8) is 0 Å². The van der Waals surface area contributed by atoms with Crippen molar-refractivity contribution in [2.75, 3.05) is 13.1 Å². The number of hydrogen-bond donors (Lipinski definition) is 2. The third kappa shape index (κ3) is 4.72. The Morgan fingerprint density at radius 1 is 1.14 bits per heavy atom. The predicted octanol–water partition coefficient (Wildman–Crippen LogP) is 2.85. The van der Waals surface area contributed by atoms with Crippen molar-refractivity contribution in [3.8, 4) is 0 Å². The fourth-order valence-electron chi connectivity index (χ4n) is 3.59. The highest BCUT2D eigenvalue weighted by atomic mass is 32.1. The molecule has 0 aliphatic carbocycles. The van der Waals surface area contributed by atoms with Crippen LogP contribution in [-0.4, -0.2) is 34.8 Å². The minimum absolute atomic E-state index is 0.0472. The maximum absolute atomic E-state index is 12.5. The van der Waals surface area contributed by atoms with E-state index in [1.54, 1.807) is 11.3 Å². The van der Waals surface area contributed by atoms with Gasteiger partial charge in [-0.15, -0.1) is 22.7 Å². The molecule has 1 aromatic carbocycles.